The van der Waals surface area contributed by atoms with Crippen LogP contribution in [-0.2, 0) is 9.47 Å². The minimum atomic E-state index is -0.734. The first-order valence-corrected chi connectivity index (χ1v) is 17.2. The lowest BCUT2D eigenvalue weighted by Crippen LogP contribution is -2.38. The second-order valence-corrected chi connectivity index (χ2v) is 12.2. The van der Waals surface area contributed by atoms with Crippen LogP contribution in [0.5, 0.6) is 5.75 Å². The molecule has 272 valence electrons. The second kappa shape index (κ2) is 19.2. The number of benzene rings is 2. The number of methoxy groups -OCH3 is 1. The molecule has 51 heavy (non-hydrogen) atoms. The number of nitrogens with one attached hydrogen (secondary N) is 2. The molecule has 1 aliphatic carbocycles. The van der Waals surface area contributed by atoms with Crippen LogP contribution in [-0.4, -0.2) is 91.8 Å². The van der Waals surface area contributed by atoms with Gasteiger partial charge in [-0.2, -0.15) is 0 Å². The first kappa shape index (κ1) is 38.5. The molecule has 5 N–H and O–H groups in total. The quantitative estimate of drug-likeness (QED) is 0.0576. The Labute approximate surface area is 298 Å². The molecular formula is C38H48N6O7. The van der Waals surface area contributed by atoms with Gasteiger partial charge in [0, 0.05) is 59.7 Å². The number of pyridine rings is 1. The Bertz CT molecular complexity index is 1700. The van der Waals surface area contributed by atoms with Gasteiger partial charge in [0.25, 0.3) is 11.8 Å². The van der Waals surface area contributed by atoms with Gasteiger partial charge >= 0.3 is 5.97 Å². The van der Waals surface area contributed by atoms with Crippen LogP contribution in [0.25, 0.3) is 17.2 Å². The van der Waals surface area contributed by atoms with E-state index in [1.165, 1.54) is 26.0 Å². The summed E-state index contributed by atoms with van der Waals surface area (Å²) >= 11 is 0. The average Bonchev–Trinajstić information content (AvgIpc) is 4.01. The zero-order chi connectivity index (χ0) is 36.8. The minimum Gasteiger partial charge on any atom is -0.496 e. The smallest absolute Gasteiger partial charge is 0.357 e. The van der Waals surface area contributed by atoms with Crippen LogP contribution >= 0.6 is 0 Å². The number of rotatable bonds is 14. The van der Waals surface area contributed by atoms with E-state index in [4.69, 9.17) is 25.2 Å². The lowest BCUT2D eigenvalue weighted by molar-refractivity contribution is 0.0193. The fourth-order valence-corrected chi connectivity index (χ4v) is 5.09. The van der Waals surface area contributed by atoms with E-state index >= 15 is 0 Å². The van der Waals surface area contributed by atoms with Crippen molar-refractivity contribution < 1.29 is 33.8 Å². The van der Waals surface area contributed by atoms with Gasteiger partial charge in [-0.15, -0.1) is 0 Å². The highest BCUT2D eigenvalue weighted by atomic mass is 16.5. The Hall–Kier alpha value is -5.27. The summed E-state index contributed by atoms with van der Waals surface area (Å²) in [5.41, 5.74) is 7.86. The SMILES string of the molecule is C=Cc1cc(C(=O)Nc2ccc(/C(N)=N/O)cc2)c(-c2ccc(C(=O)NCC3CC3)nc2C(=O)OCCN2CCOCC2)cc1OC.CCCC. The van der Waals surface area contributed by atoms with Gasteiger partial charge in [-0.3, -0.25) is 14.5 Å². The number of nitrogens with zero attached hydrogens (tertiary/aromatic N) is 3. The fraction of sp³-hybridized carbons (Fsp3) is 0.395. The van der Waals surface area contributed by atoms with E-state index in [0.717, 1.165) is 25.9 Å². The van der Waals surface area contributed by atoms with Crippen LogP contribution in [0, 0.1) is 5.92 Å². The molecule has 13 heteroatoms. The topological polar surface area (TPSA) is 178 Å². The number of ether oxygens (including phenoxy) is 3. The number of carbonyl (C=O) groups excluding carboxylic acids is 3. The molecule has 0 spiro atoms. The van der Waals surface area contributed by atoms with Crippen LogP contribution < -0.4 is 21.1 Å². The first-order valence-electron chi connectivity index (χ1n) is 17.2. The number of amides is 2. The number of carbonyl (C=O) groups is 3. The molecule has 5 rings (SSSR count). The van der Waals surface area contributed by atoms with Gasteiger partial charge in [0.1, 0.15) is 18.1 Å². The average molecular weight is 701 g/mol. The lowest BCUT2D eigenvalue weighted by Gasteiger charge is -2.26. The highest BCUT2D eigenvalue weighted by molar-refractivity contribution is 6.11. The molecule has 2 amide bonds. The number of oxime groups is 1. The number of nitrogens with two attached hydrogens (primary N) is 1. The molecule has 0 radical (unpaired) electrons. The van der Waals surface area contributed by atoms with E-state index in [0.29, 0.717) is 60.3 Å². The Balaban J connectivity index is 0.00000138. The van der Waals surface area contributed by atoms with Gasteiger partial charge in [0.2, 0.25) is 0 Å². The van der Waals surface area contributed by atoms with Crippen LogP contribution in [0.3, 0.4) is 0 Å². The van der Waals surface area contributed by atoms with Gasteiger partial charge in [-0.25, -0.2) is 9.78 Å². The van der Waals surface area contributed by atoms with E-state index in [-0.39, 0.29) is 35.0 Å². The molecular weight excluding hydrogens is 652 g/mol. The Morgan fingerprint density at radius 1 is 1.06 bits per heavy atom. The molecule has 0 unspecified atom stereocenters. The maximum atomic E-state index is 13.8. The van der Waals surface area contributed by atoms with E-state index in [2.05, 4.69) is 46.1 Å². The third kappa shape index (κ3) is 10.9. The summed E-state index contributed by atoms with van der Waals surface area (Å²) in [5.74, 6) is -0.845. The molecule has 2 fully saturated rings. The summed E-state index contributed by atoms with van der Waals surface area (Å²) in [6.07, 6.45) is 6.32. The highest BCUT2D eigenvalue weighted by Crippen LogP contribution is 2.35. The number of hydrogen-bond acceptors (Lipinski definition) is 10. The molecule has 13 nitrogen and oxygen atoms in total. The Morgan fingerprint density at radius 2 is 1.76 bits per heavy atom. The van der Waals surface area contributed by atoms with Crippen molar-refractivity contribution >= 4 is 35.4 Å². The number of aromatic nitrogens is 1. The van der Waals surface area contributed by atoms with Gasteiger partial charge < -0.3 is 35.8 Å². The summed E-state index contributed by atoms with van der Waals surface area (Å²) in [5, 5.41) is 17.7. The van der Waals surface area contributed by atoms with E-state index in [1.54, 1.807) is 48.5 Å². The summed E-state index contributed by atoms with van der Waals surface area (Å²) in [6, 6.07) is 12.7. The highest BCUT2D eigenvalue weighted by Gasteiger charge is 2.26. The lowest BCUT2D eigenvalue weighted by atomic mass is 9.94. The van der Waals surface area contributed by atoms with E-state index < -0.39 is 17.8 Å². The first-order chi connectivity index (χ1) is 24.7. The number of amidine groups is 1. The summed E-state index contributed by atoms with van der Waals surface area (Å²) in [4.78, 5) is 47.1. The van der Waals surface area contributed by atoms with Crippen molar-refractivity contribution in [1.29, 1.82) is 0 Å². The van der Waals surface area contributed by atoms with Crippen molar-refractivity contribution in [2.45, 2.75) is 39.5 Å². The number of unbranched alkanes of at least 4 members (excludes halogenated alkanes) is 1. The third-order valence-electron chi connectivity index (χ3n) is 8.48. The zero-order valence-corrected chi connectivity index (χ0v) is 29.6. The monoisotopic (exact) mass is 700 g/mol. The number of morpholine rings is 1. The normalized spacial score (nSPS) is 14.5. The van der Waals surface area contributed by atoms with Crippen LogP contribution in [0.4, 0.5) is 5.69 Å². The van der Waals surface area contributed by atoms with Gasteiger partial charge in [-0.1, -0.05) is 44.5 Å². The van der Waals surface area contributed by atoms with Crippen molar-refractivity contribution in [1.82, 2.24) is 15.2 Å². The molecule has 3 aromatic rings. The molecule has 1 saturated carbocycles. The summed E-state index contributed by atoms with van der Waals surface area (Å²) < 4.78 is 16.7. The molecule has 2 aliphatic rings. The molecule has 2 aromatic carbocycles. The predicted molar refractivity (Wildman–Crippen MR) is 196 cm³/mol. The molecule has 2 heterocycles. The second-order valence-electron chi connectivity index (χ2n) is 12.2. The fourth-order valence-electron chi connectivity index (χ4n) is 5.09. The van der Waals surface area contributed by atoms with Gasteiger partial charge in [-0.05, 0) is 67.3 Å². The van der Waals surface area contributed by atoms with E-state index in [9.17, 15) is 14.4 Å². The third-order valence-corrected chi connectivity index (χ3v) is 8.48. The van der Waals surface area contributed by atoms with Crippen LogP contribution in [0.1, 0.15) is 82.0 Å². The summed E-state index contributed by atoms with van der Waals surface area (Å²) in [6.45, 7) is 12.0. The zero-order valence-electron chi connectivity index (χ0n) is 29.6. The number of hydrogen-bond donors (Lipinski definition) is 4. The predicted octanol–water partition coefficient (Wildman–Crippen LogP) is 5.18. The maximum Gasteiger partial charge on any atom is 0.357 e. The molecule has 1 aromatic heterocycles. The standard InChI is InChI=1S/C34H38N6O7.C4H10/c1-3-22-18-27(32(41)37-24-8-6-23(7-9-24)31(35)39-44)26(19-29(22)45-2)25-10-11-28(33(42)36-20-21-4-5-21)38-30(25)34(43)47-17-14-40-12-15-46-16-13-40;1-3-4-2/h3,6-11,18-19,21,44H,1,4-5,12-17,20H2,2H3,(H2,35,39)(H,36,42)(H,37,41);3-4H2,1-2H3. The van der Waals surface area contributed by atoms with Gasteiger partial charge in [0.15, 0.2) is 11.5 Å². The van der Waals surface area contributed by atoms with Crippen molar-refractivity contribution in [2.75, 3.05) is 58.4 Å². The van der Waals surface area contributed by atoms with Crippen molar-refractivity contribution in [2.24, 2.45) is 16.8 Å². The van der Waals surface area contributed by atoms with Crippen LogP contribution in [0.15, 0.2) is 60.3 Å². The largest absolute Gasteiger partial charge is 0.496 e. The number of anilines is 1. The van der Waals surface area contributed by atoms with Crippen molar-refractivity contribution in [3.05, 3.63) is 83.2 Å². The molecule has 1 saturated heterocycles. The Morgan fingerprint density at radius 3 is 2.37 bits per heavy atom. The molecule has 1 aliphatic heterocycles. The number of esters is 1. The maximum absolute atomic E-state index is 13.8. The minimum absolute atomic E-state index is 0.0565. The van der Waals surface area contributed by atoms with Crippen LogP contribution in [0.2, 0.25) is 0 Å². The van der Waals surface area contributed by atoms with Gasteiger partial charge in [0.05, 0.1) is 20.3 Å². The summed E-state index contributed by atoms with van der Waals surface area (Å²) in [7, 11) is 1.49. The van der Waals surface area contributed by atoms with E-state index in [1.807, 2.05) is 0 Å². The molecule has 0 atom stereocenters. The molecule has 0 bridgehead atoms. The van der Waals surface area contributed by atoms with Crippen molar-refractivity contribution in [3.8, 4) is 16.9 Å². The van der Waals surface area contributed by atoms with Crippen molar-refractivity contribution in [3.63, 3.8) is 0 Å². The Kier molecular flexibility index (Phi) is 14.5.